The number of rotatable bonds is 4. The van der Waals surface area contributed by atoms with Gasteiger partial charge in [-0.3, -0.25) is 4.79 Å². The Labute approximate surface area is 162 Å². The number of fused-ring (bicyclic) bond motifs is 1. The van der Waals surface area contributed by atoms with E-state index in [1.807, 2.05) is 73.8 Å². The highest BCUT2D eigenvalue weighted by Gasteiger charge is 2.11. The molecule has 0 saturated heterocycles. The van der Waals surface area contributed by atoms with Crippen molar-refractivity contribution in [2.24, 2.45) is 5.10 Å². The molecule has 4 rings (SSSR count). The summed E-state index contributed by atoms with van der Waals surface area (Å²) < 4.78 is 2.05. The largest absolute Gasteiger partial charge is 0.507 e. The van der Waals surface area contributed by atoms with Gasteiger partial charge in [0.1, 0.15) is 5.75 Å². The Balaban J connectivity index is 1.51. The van der Waals surface area contributed by atoms with E-state index in [0.29, 0.717) is 0 Å². The Hall–Kier alpha value is -3.86. The number of nitrogens with one attached hydrogen (secondary N) is 1. The second-order valence-corrected chi connectivity index (χ2v) is 6.54. The van der Waals surface area contributed by atoms with E-state index < -0.39 is 5.91 Å². The quantitative estimate of drug-likeness (QED) is 0.413. The number of aromatic hydroxyl groups is 1. The molecule has 138 valence electrons. The highest BCUT2D eigenvalue weighted by molar-refractivity contribution is 6.01. The third kappa shape index (κ3) is 3.50. The van der Waals surface area contributed by atoms with Gasteiger partial charge in [0.2, 0.25) is 0 Å². The second kappa shape index (κ2) is 7.40. The Morgan fingerprint density at radius 3 is 2.43 bits per heavy atom. The molecule has 5 nitrogen and oxygen atoms in total. The van der Waals surface area contributed by atoms with Crippen LogP contribution in [0, 0.1) is 6.92 Å². The lowest BCUT2D eigenvalue weighted by Crippen LogP contribution is -2.17. The number of phenols is 1. The van der Waals surface area contributed by atoms with Gasteiger partial charge in [-0.15, -0.1) is 0 Å². The molecule has 0 saturated carbocycles. The van der Waals surface area contributed by atoms with Crippen LogP contribution >= 0.6 is 0 Å². The molecule has 5 heteroatoms. The van der Waals surface area contributed by atoms with E-state index in [1.165, 1.54) is 0 Å². The number of hydrogen-bond donors (Lipinski definition) is 2. The number of nitrogens with zero attached hydrogens (tertiary/aromatic N) is 2. The third-order valence-corrected chi connectivity index (χ3v) is 4.56. The zero-order chi connectivity index (χ0) is 19.5. The number of hydrazone groups is 1. The lowest BCUT2D eigenvalue weighted by Gasteiger charge is -2.05. The van der Waals surface area contributed by atoms with Crippen LogP contribution in [0.5, 0.6) is 5.75 Å². The van der Waals surface area contributed by atoms with E-state index >= 15 is 0 Å². The number of benzene rings is 3. The van der Waals surface area contributed by atoms with Gasteiger partial charge in [0.15, 0.2) is 0 Å². The molecular weight excluding hydrogens is 350 g/mol. The van der Waals surface area contributed by atoms with Crippen molar-refractivity contribution in [3.05, 3.63) is 95.8 Å². The summed E-state index contributed by atoms with van der Waals surface area (Å²) >= 11 is 0. The molecule has 0 atom stereocenters. The SMILES string of the molecule is Cc1cc(/C=N\NC(=O)c2cc3ccccc3cc2O)cn1-c1ccccc1. The van der Waals surface area contributed by atoms with Gasteiger partial charge in [0.25, 0.3) is 5.91 Å². The van der Waals surface area contributed by atoms with Crippen LogP contribution in [0.15, 0.2) is 84.1 Å². The van der Waals surface area contributed by atoms with Crippen molar-refractivity contribution in [1.29, 1.82) is 0 Å². The summed E-state index contributed by atoms with van der Waals surface area (Å²) in [6.45, 7) is 2.01. The maximum atomic E-state index is 12.4. The molecule has 0 unspecified atom stereocenters. The van der Waals surface area contributed by atoms with Crippen molar-refractivity contribution < 1.29 is 9.90 Å². The van der Waals surface area contributed by atoms with Crippen LogP contribution in [-0.4, -0.2) is 21.8 Å². The molecule has 0 aliphatic heterocycles. The molecule has 1 heterocycles. The Bertz CT molecular complexity index is 1180. The summed E-state index contributed by atoms with van der Waals surface area (Å²) in [5, 5.41) is 15.9. The number of phenolic OH excluding ortho intramolecular Hbond substituents is 1. The molecular formula is C23H19N3O2. The minimum absolute atomic E-state index is 0.0718. The van der Waals surface area contributed by atoms with Gasteiger partial charge in [0.05, 0.1) is 11.8 Å². The first-order valence-corrected chi connectivity index (χ1v) is 8.91. The van der Waals surface area contributed by atoms with Gasteiger partial charge >= 0.3 is 0 Å². The molecule has 0 aliphatic carbocycles. The van der Waals surface area contributed by atoms with Crippen molar-refractivity contribution in [3.8, 4) is 11.4 Å². The van der Waals surface area contributed by atoms with Crippen LogP contribution in [0.2, 0.25) is 0 Å². The number of amides is 1. The van der Waals surface area contributed by atoms with Crippen molar-refractivity contribution >= 4 is 22.9 Å². The van der Waals surface area contributed by atoms with Crippen molar-refractivity contribution in [2.45, 2.75) is 6.92 Å². The van der Waals surface area contributed by atoms with E-state index in [4.69, 9.17) is 0 Å². The lowest BCUT2D eigenvalue weighted by atomic mass is 10.1. The maximum Gasteiger partial charge on any atom is 0.275 e. The molecule has 0 aliphatic rings. The van der Waals surface area contributed by atoms with Gasteiger partial charge in [0, 0.05) is 23.1 Å². The Morgan fingerprint density at radius 1 is 1.00 bits per heavy atom. The van der Waals surface area contributed by atoms with Crippen LogP contribution in [-0.2, 0) is 0 Å². The van der Waals surface area contributed by atoms with Crippen LogP contribution in [0.25, 0.3) is 16.5 Å². The fourth-order valence-corrected chi connectivity index (χ4v) is 3.17. The zero-order valence-electron chi connectivity index (χ0n) is 15.3. The van der Waals surface area contributed by atoms with Gasteiger partial charge < -0.3 is 9.67 Å². The molecule has 0 bridgehead atoms. The van der Waals surface area contributed by atoms with Crippen LogP contribution in [0.4, 0.5) is 0 Å². The van der Waals surface area contributed by atoms with E-state index in [2.05, 4.69) is 15.1 Å². The van der Waals surface area contributed by atoms with Crippen LogP contribution in [0.3, 0.4) is 0 Å². The van der Waals surface area contributed by atoms with Crippen molar-refractivity contribution in [3.63, 3.8) is 0 Å². The number of aromatic nitrogens is 1. The summed E-state index contributed by atoms with van der Waals surface area (Å²) in [6, 6.07) is 22.8. The first kappa shape index (κ1) is 17.5. The van der Waals surface area contributed by atoms with E-state index in [0.717, 1.165) is 27.7 Å². The highest BCUT2D eigenvalue weighted by Crippen LogP contribution is 2.24. The number of aryl methyl sites for hydroxylation is 1. The topological polar surface area (TPSA) is 66.6 Å². The van der Waals surface area contributed by atoms with Gasteiger partial charge in [-0.25, -0.2) is 5.43 Å². The molecule has 1 aromatic heterocycles. The van der Waals surface area contributed by atoms with Gasteiger partial charge in [-0.2, -0.15) is 5.10 Å². The van der Waals surface area contributed by atoms with Crippen LogP contribution in [0.1, 0.15) is 21.6 Å². The normalized spacial score (nSPS) is 11.2. The molecule has 0 fully saturated rings. The average molecular weight is 369 g/mol. The van der Waals surface area contributed by atoms with Gasteiger partial charge in [-0.05, 0) is 48.0 Å². The fourth-order valence-electron chi connectivity index (χ4n) is 3.17. The number of para-hydroxylation sites is 1. The summed E-state index contributed by atoms with van der Waals surface area (Å²) in [4.78, 5) is 12.4. The maximum absolute atomic E-state index is 12.4. The fraction of sp³-hybridized carbons (Fsp3) is 0.0435. The number of carbonyl (C=O) groups excluding carboxylic acids is 1. The first-order valence-electron chi connectivity index (χ1n) is 8.91. The molecule has 0 radical (unpaired) electrons. The molecule has 0 spiro atoms. The summed E-state index contributed by atoms with van der Waals surface area (Å²) in [5.41, 5.74) is 5.66. The minimum Gasteiger partial charge on any atom is -0.507 e. The van der Waals surface area contributed by atoms with E-state index in [-0.39, 0.29) is 11.3 Å². The lowest BCUT2D eigenvalue weighted by molar-refractivity contribution is 0.0952. The van der Waals surface area contributed by atoms with Crippen molar-refractivity contribution in [1.82, 2.24) is 9.99 Å². The summed E-state index contributed by atoms with van der Waals surface area (Å²) in [6.07, 6.45) is 3.54. The standard InChI is InChI=1S/C23H19N3O2/c1-16-11-17(15-26(16)20-9-3-2-4-10-20)14-24-25-23(28)21-12-18-7-5-6-8-19(18)13-22(21)27/h2-15,27H,1H3,(H,25,28)/b24-14-. The summed E-state index contributed by atoms with van der Waals surface area (Å²) in [7, 11) is 0. The molecule has 4 aromatic rings. The first-order chi connectivity index (χ1) is 13.6. The van der Waals surface area contributed by atoms with Crippen molar-refractivity contribution in [2.75, 3.05) is 0 Å². The highest BCUT2D eigenvalue weighted by atomic mass is 16.3. The van der Waals surface area contributed by atoms with Crippen LogP contribution < -0.4 is 5.43 Å². The smallest absolute Gasteiger partial charge is 0.275 e. The molecule has 2 N–H and O–H groups in total. The second-order valence-electron chi connectivity index (χ2n) is 6.54. The molecule has 3 aromatic carbocycles. The zero-order valence-corrected chi connectivity index (χ0v) is 15.3. The van der Waals surface area contributed by atoms with Gasteiger partial charge in [-0.1, -0.05) is 42.5 Å². The summed E-state index contributed by atoms with van der Waals surface area (Å²) in [5.74, 6) is -0.531. The minimum atomic E-state index is -0.460. The number of hydrogen-bond acceptors (Lipinski definition) is 3. The number of carbonyl (C=O) groups is 1. The predicted octanol–water partition coefficient (Wildman–Crippen LogP) is 4.41. The predicted molar refractivity (Wildman–Crippen MR) is 111 cm³/mol. The Kier molecular flexibility index (Phi) is 4.64. The third-order valence-electron chi connectivity index (χ3n) is 4.56. The molecule has 1 amide bonds. The van der Waals surface area contributed by atoms with E-state index in [9.17, 15) is 9.90 Å². The molecule has 28 heavy (non-hydrogen) atoms. The van der Waals surface area contributed by atoms with E-state index in [1.54, 1.807) is 18.3 Å². The monoisotopic (exact) mass is 369 g/mol. The Morgan fingerprint density at radius 2 is 1.68 bits per heavy atom. The average Bonchev–Trinajstić information content (AvgIpc) is 3.08.